The number of halogens is 1. The molecule has 1 aliphatic heterocycles. The number of hydrogen-bond donors (Lipinski definition) is 3. The Labute approximate surface area is 125 Å². The summed E-state index contributed by atoms with van der Waals surface area (Å²) in [6.45, 7) is 2.89. The van der Waals surface area contributed by atoms with Gasteiger partial charge in [0.05, 0.1) is 0 Å². The number of hydrogen-bond acceptors (Lipinski definition) is 6. The van der Waals surface area contributed by atoms with Gasteiger partial charge in [-0.1, -0.05) is 11.6 Å². The highest BCUT2D eigenvalue weighted by Gasteiger charge is 2.43. The summed E-state index contributed by atoms with van der Waals surface area (Å²) < 4.78 is 0. The van der Waals surface area contributed by atoms with Crippen LogP contribution in [0.25, 0.3) is 0 Å². The molecule has 21 heavy (non-hydrogen) atoms. The predicted molar refractivity (Wildman–Crippen MR) is 75.3 cm³/mol. The van der Waals surface area contributed by atoms with Crippen molar-refractivity contribution in [3.05, 3.63) is 22.8 Å². The first kappa shape index (κ1) is 15.2. The lowest BCUT2D eigenvalue weighted by Gasteiger charge is -2.40. The maximum atomic E-state index is 12.6. The molecule has 9 heteroatoms. The van der Waals surface area contributed by atoms with E-state index in [4.69, 9.17) is 17.4 Å². The summed E-state index contributed by atoms with van der Waals surface area (Å²) in [6, 6.07) is 2.74. The lowest BCUT2D eigenvalue weighted by Crippen LogP contribution is -2.65. The minimum Gasteiger partial charge on any atom is -0.315 e. The monoisotopic (exact) mass is 311 g/mol. The van der Waals surface area contributed by atoms with Crippen LogP contribution in [0.3, 0.4) is 0 Å². The van der Waals surface area contributed by atoms with Crippen molar-refractivity contribution in [2.75, 3.05) is 12.0 Å². The number of rotatable bonds is 2. The summed E-state index contributed by atoms with van der Waals surface area (Å²) in [7, 11) is 0. The predicted octanol–water partition coefficient (Wildman–Crippen LogP) is -0.102. The lowest BCUT2D eigenvalue weighted by atomic mass is 9.97. The van der Waals surface area contributed by atoms with Crippen LogP contribution in [0, 0.1) is 0 Å². The zero-order valence-electron chi connectivity index (χ0n) is 11.4. The second kappa shape index (κ2) is 5.30. The zero-order valence-corrected chi connectivity index (χ0v) is 12.2. The number of nitrogens with zero attached hydrogens (tertiary/aromatic N) is 2. The SMILES string of the molecule is CC1(C)C(=O)NC(=O)CN1C(=O)c1cc(Cl)nc(NN)c1. The van der Waals surface area contributed by atoms with Crippen LogP contribution in [0.5, 0.6) is 0 Å². The molecule has 0 aliphatic carbocycles. The van der Waals surface area contributed by atoms with Crippen LogP contribution in [0.15, 0.2) is 12.1 Å². The van der Waals surface area contributed by atoms with Crippen LogP contribution in [0.1, 0.15) is 24.2 Å². The Bertz CT molecular complexity index is 631. The Morgan fingerprint density at radius 2 is 2.14 bits per heavy atom. The Balaban J connectivity index is 2.40. The van der Waals surface area contributed by atoms with Gasteiger partial charge in [-0.3, -0.25) is 19.7 Å². The topological polar surface area (TPSA) is 117 Å². The van der Waals surface area contributed by atoms with E-state index in [0.29, 0.717) is 0 Å². The van der Waals surface area contributed by atoms with Crippen LogP contribution in [-0.4, -0.2) is 39.7 Å². The maximum absolute atomic E-state index is 12.6. The Hall–Kier alpha value is -2.19. The summed E-state index contributed by atoms with van der Waals surface area (Å²) in [6.07, 6.45) is 0. The first-order chi connectivity index (χ1) is 9.75. The molecule has 0 aromatic carbocycles. The number of anilines is 1. The largest absolute Gasteiger partial charge is 0.315 e. The molecule has 0 spiro atoms. The number of nitrogens with one attached hydrogen (secondary N) is 2. The van der Waals surface area contributed by atoms with Gasteiger partial charge in [0.1, 0.15) is 23.1 Å². The van der Waals surface area contributed by atoms with Crippen molar-refractivity contribution in [1.29, 1.82) is 0 Å². The molecule has 3 amide bonds. The van der Waals surface area contributed by atoms with Crippen molar-refractivity contribution in [1.82, 2.24) is 15.2 Å². The molecule has 0 saturated carbocycles. The number of carbonyl (C=O) groups excluding carboxylic acids is 3. The summed E-state index contributed by atoms with van der Waals surface area (Å²) >= 11 is 5.82. The van der Waals surface area contributed by atoms with Crippen molar-refractivity contribution >= 4 is 35.1 Å². The molecule has 2 rings (SSSR count). The highest BCUT2D eigenvalue weighted by Crippen LogP contribution is 2.23. The quantitative estimate of drug-likeness (QED) is 0.304. The average Bonchev–Trinajstić information content (AvgIpc) is 2.41. The number of aromatic nitrogens is 1. The van der Waals surface area contributed by atoms with E-state index in [0.717, 1.165) is 0 Å². The third kappa shape index (κ3) is 2.81. The normalized spacial score (nSPS) is 17.4. The molecule has 0 bridgehead atoms. The van der Waals surface area contributed by atoms with Crippen LogP contribution in [-0.2, 0) is 9.59 Å². The van der Waals surface area contributed by atoms with Gasteiger partial charge in [-0.05, 0) is 26.0 Å². The highest BCUT2D eigenvalue weighted by atomic mass is 35.5. The molecule has 4 N–H and O–H groups in total. The maximum Gasteiger partial charge on any atom is 0.255 e. The summed E-state index contributed by atoms with van der Waals surface area (Å²) in [5.74, 6) is 3.87. The standard InChI is InChI=1S/C12H14ClN5O3/c1-12(2)11(21)16-9(19)5-18(12)10(20)6-3-7(13)15-8(4-6)17-14/h3-4H,5,14H2,1-2H3,(H,15,17)(H,16,19,21). The summed E-state index contributed by atoms with van der Waals surface area (Å²) in [5, 5.41) is 2.27. The molecule has 0 radical (unpaired) electrons. The molecule has 0 atom stereocenters. The number of hydrazine groups is 1. The van der Waals surface area contributed by atoms with Gasteiger partial charge < -0.3 is 10.3 Å². The van der Waals surface area contributed by atoms with Crippen LogP contribution in [0.4, 0.5) is 5.82 Å². The molecule has 1 fully saturated rings. The van der Waals surface area contributed by atoms with Gasteiger partial charge in [-0.2, -0.15) is 0 Å². The second-order valence-electron chi connectivity index (χ2n) is 5.04. The Kier molecular flexibility index (Phi) is 3.84. The number of nitrogens with two attached hydrogens (primary N) is 1. The molecule has 0 unspecified atom stereocenters. The molecular formula is C12H14ClN5O3. The highest BCUT2D eigenvalue weighted by molar-refractivity contribution is 6.30. The fraction of sp³-hybridized carbons (Fsp3) is 0.333. The van der Waals surface area contributed by atoms with Crippen LogP contribution in [0.2, 0.25) is 5.15 Å². The number of piperazine rings is 1. The van der Waals surface area contributed by atoms with E-state index in [1.54, 1.807) is 13.8 Å². The van der Waals surface area contributed by atoms with Gasteiger partial charge in [0.2, 0.25) is 5.91 Å². The first-order valence-electron chi connectivity index (χ1n) is 6.06. The van der Waals surface area contributed by atoms with Gasteiger partial charge in [-0.25, -0.2) is 10.8 Å². The van der Waals surface area contributed by atoms with E-state index in [2.05, 4.69) is 15.7 Å². The number of imide groups is 1. The van der Waals surface area contributed by atoms with Crippen molar-refractivity contribution in [3.8, 4) is 0 Å². The minimum absolute atomic E-state index is 0.0689. The molecule has 1 aromatic rings. The average molecular weight is 312 g/mol. The van der Waals surface area contributed by atoms with Gasteiger partial charge >= 0.3 is 0 Å². The smallest absolute Gasteiger partial charge is 0.255 e. The van der Waals surface area contributed by atoms with Gasteiger partial charge in [0.15, 0.2) is 0 Å². The summed E-state index contributed by atoms with van der Waals surface area (Å²) in [4.78, 5) is 41.0. The van der Waals surface area contributed by atoms with E-state index in [1.807, 2.05) is 0 Å². The third-order valence-electron chi connectivity index (χ3n) is 3.22. The van der Waals surface area contributed by atoms with Crippen LogP contribution >= 0.6 is 11.6 Å². The minimum atomic E-state index is -1.16. The van der Waals surface area contributed by atoms with Gasteiger partial charge in [-0.15, -0.1) is 0 Å². The van der Waals surface area contributed by atoms with Crippen molar-refractivity contribution in [3.63, 3.8) is 0 Å². The van der Waals surface area contributed by atoms with Crippen LogP contribution < -0.4 is 16.6 Å². The number of pyridine rings is 1. The summed E-state index contributed by atoms with van der Waals surface area (Å²) in [5.41, 5.74) is 1.32. The van der Waals surface area contributed by atoms with E-state index >= 15 is 0 Å². The number of nitrogen functional groups attached to an aromatic ring is 1. The van der Waals surface area contributed by atoms with Crippen molar-refractivity contribution in [2.45, 2.75) is 19.4 Å². The molecule has 1 aliphatic rings. The second-order valence-corrected chi connectivity index (χ2v) is 5.42. The molecule has 8 nitrogen and oxygen atoms in total. The van der Waals surface area contributed by atoms with Crippen molar-refractivity contribution < 1.29 is 14.4 Å². The lowest BCUT2D eigenvalue weighted by molar-refractivity contribution is -0.143. The van der Waals surface area contributed by atoms with E-state index in [1.165, 1.54) is 17.0 Å². The first-order valence-corrected chi connectivity index (χ1v) is 6.44. The molecule has 1 saturated heterocycles. The van der Waals surface area contributed by atoms with E-state index in [-0.39, 0.29) is 23.1 Å². The number of carbonyl (C=O) groups is 3. The van der Waals surface area contributed by atoms with Gasteiger partial charge in [0.25, 0.3) is 11.8 Å². The molecule has 2 heterocycles. The van der Waals surface area contributed by atoms with Gasteiger partial charge in [0, 0.05) is 5.56 Å². The van der Waals surface area contributed by atoms with E-state index in [9.17, 15) is 14.4 Å². The number of amides is 3. The molecule has 1 aromatic heterocycles. The third-order valence-corrected chi connectivity index (χ3v) is 3.41. The Morgan fingerprint density at radius 3 is 2.76 bits per heavy atom. The fourth-order valence-electron chi connectivity index (χ4n) is 1.96. The fourth-order valence-corrected chi connectivity index (χ4v) is 2.17. The van der Waals surface area contributed by atoms with Crippen molar-refractivity contribution in [2.24, 2.45) is 5.84 Å². The molecular weight excluding hydrogens is 298 g/mol. The zero-order chi connectivity index (χ0) is 15.8. The Morgan fingerprint density at radius 1 is 1.48 bits per heavy atom. The molecule has 112 valence electrons. The van der Waals surface area contributed by atoms with E-state index < -0.39 is 23.3 Å².